The molecular weight excluding hydrogens is 268 g/mol. The van der Waals surface area contributed by atoms with Gasteiger partial charge in [0.25, 0.3) is 0 Å². The van der Waals surface area contributed by atoms with Crippen LogP contribution >= 0.6 is 11.6 Å². The van der Waals surface area contributed by atoms with E-state index in [1.54, 1.807) is 31.3 Å². The lowest BCUT2D eigenvalue weighted by atomic mass is 10.2. The Morgan fingerprint density at radius 3 is 2.89 bits per heavy atom. The van der Waals surface area contributed by atoms with Crippen LogP contribution in [0.2, 0.25) is 5.15 Å². The minimum Gasteiger partial charge on any atom is -0.462 e. The zero-order valence-electron chi connectivity index (χ0n) is 10.3. The van der Waals surface area contributed by atoms with Crippen LogP contribution in [0, 0.1) is 11.3 Å². The van der Waals surface area contributed by atoms with Gasteiger partial charge in [-0.15, -0.1) is 0 Å². The summed E-state index contributed by atoms with van der Waals surface area (Å²) in [6.07, 6.45) is 1.57. The summed E-state index contributed by atoms with van der Waals surface area (Å²) < 4.78 is 4.71. The Balaban J connectivity index is 2.71. The van der Waals surface area contributed by atoms with Crippen LogP contribution in [0.25, 0.3) is 0 Å². The molecule has 100 valence electrons. The van der Waals surface area contributed by atoms with Crippen LogP contribution in [0.15, 0.2) is 29.7 Å². The number of hydrogen-bond donors (Lipinski definition) is 2. The molecule has 0 saturated carbocycles. The lowest BCUT2D eigenvalue weighted by Gasteiger charge is -2.08. The maximum absolute atomic E-state index is 11.4. The Morgan fingerprint density at radius 1 is 1.63 bits per heavy atom. The fraction of sp³-hybridized carbons (Fsp3) is 0.250. The Morgan fingerprint density at radius 2 is 2.37 bits per heavy atom. The number of aromatic nitrogens is 1. The molecule has 0 amide bonds. The molecular formula is C12H13ClN4O2. The van der Waals surface area contributed by atoms with E-state index < -0.39 is 5.97 Å². The third kappa shape index (κ3) is 4.48. The number of halogens is 1. The number of nitrogens with zero attached hydrogens (tertiary/aromatic N) is 2. The van der Waals surface area contributed by atoms with Gasteiger partial charge in [-0.25, -0.2) is 9.78 Å². The lowest BCUT2D eigenvalue weighted by molar-refractivity contribution is -0.138. The van der Waals surface area contributed by atoms with Crippen molar-refractivity contribution in [2.75, 3.05) is 6.61 Å². The zero-order chi connectivity index (χ0) is 14.3. The van der Waals surface area contributed by atoms with Crippen molar-refractivity contribution >= 4 is 17.6 Å². The monoisotopic (exact) mass is 280 g/mol. The normalized spacial score (nSPS) is 11.2. The smallest absolute Gasteiger partial charge is 0.352 e. The minimum absolute atomic E-state index is 0.0316. The van der Waals surface area contributed by atoms with Crippen LogP contribution in [0.5, 0.6) is 0 Å². The van der Waals surface area contributed by atoms with Gasteiger partial charge < -0.3 is 15.8 Å². The van der Waals surface area contributed by atoms with Crippen molar-refractivity contribution in [2.45, 2.75) is 13.5 Å². The summed E-state index contributed by atoms with van der Waals surface area (Å²) in [4.78, 5) is 15.3. The number of hydrogen-bond acceptors (Lipinski definition) is 6. The molecule has 0 fully saturated rings. The average molecular weight is 281 g/mol. The van der Waals surface area contributed by atoms with Crippen LogP contribution in [-0.4, -0.2) is 17.6 Å². The van der Waals surface area contributed by atoms with Crippen molar-refractivity contribution in [1.82, 2.24) is 10.3 Å². The first kappa shape index (κ1) is 14.8. The topological polar surface area (TPSA) is 101 Å². The number of nitrogens with two attached hydrogens (primary N) is 1. The highest BCUT2D eigenvalue weighted by atomic mass is 35.5. The van der Waals surface area contributed by atoms with E-state index in [0.29, 0.717) is 11.7 Å². The maximum atomic E-state index is 11.4. The number of ether oxygens (including phenoxy) is 1. The molecule has 1 aromatic heterocycles. The van der Waals surface area contributed by atoms with Gasteiger partial charge in [-0.3, -0.25) is 0 Å². The summed E-state index contributed by atoms with van der Waals surface area (Å²) in [5.74, 6) is -0.778. The highest BCUT2D eigenvalue weighted by molar-refractivity contribution is 6.29. The summed E-state index contributed by atoms with van der Waals surface area (Å²) in [5.41, 5.74) is 6.20. The van der Waals surface area contributed by atoms with Crippen LogP contribution in [-0.2, 0) is 16.1 Å². The molecule has 0 aliphatic carbocycles. The molecule has 3 N–H and O–H groups in total. The molecule has 0 aliphatic heterocycles. The summed E-state index contributed by atoms with van der Waals surface area (Å²) in [6.45, 7) is 2.15. The summed E-state index contributed by atoms with van der Waals surface area (Å²) in [7, 11) is 0. The van der Waals surface area contributed by atoms with E-state index >= 15 is 0 Å². The molecule has 1 aromatic rings. The lowest BCUT2D eigenvalue weighted by Crippen LogP contribution is -2.25. The highest BCUT2D eigenvalue weighted by Gasteiger charge is 2.14. The van der Waals surface area contributed by atoms with Crippen LogP contribution in [0.3, 0.4) is 0 Å². The second-order valence-electron chi connectivity index (χ2n) is 3.46. The van der Waals surface area contributed by atoms with Crippen molar-refractivity contribution in [2.24, 2.45) is 5.73 Å². The number of pyridine rings is 1. The van der Waals surface area contributed by atoms with Crippen molar-refractivity contribution < 1.29 is 9.53 Å². The zero-order valence-corrected chi connectivity index (χ0v) is 11.1. The molecule has 19 heavy (non-hydrogen) atoms. The van der Waals surface area contributed by atoms with Crippen molar-refractivity contribution in [1.29, 1.82) is 5.26 Å². The van der Waals surface area contributed by atoms with Gasteiger partial charge in [0.15, 0.2) is 5.57 Å². The molecule has 0 atom stereocenters. The number of nitriles is 1. The molecule has 0 aliphatic rings. The Labute approximate surface area is 115 Å². The predicted octanol–water partition coefficient (Wildman–Crippen LogP) is 1.08. The Bertz CT molecular complexity index is 520. The summed E-state index contributed by atoms with van der Waals surface area (Å²) in [6, 6.07) is 5.10. The van der Waals surface area contributed by atoms with Gasteiger partial charge in [-0.1, -0.05) is 17.7 Å². The fourth-order valence-corrected chi connectivity index (χ4v) is 1.33. The molecule has 6 nitrogen and oxygen atoms in total. The number of carbonyl (C=O) groups is 1. The van der Waals surface area contributed by atoms with Gasteiger partial charge in [0, 0.05) is 12.7 Å². The Kier molecular flexibility index (Phi) is 5.64. The molecule has 1 heterocycles. The Hall–Kier alpha value is -2.26. The third-order valence-electron chi connectivity index (χ3n) is 2.13. The van der Waals surface area contributed by atoms with Crippen molar-refractivity contribution in [3.05, 3.63) is 40.4 Å². The molecule has 0 saturated heterocycles. The SMILES string of the molecule is CCOC(=O)C(C#N)=C(N)NCc1ccc(Cl)nc1. The quantitative estimate of drug-likeness (QED) is 0.362. The minimum atomic E-state index is -0.746. The number of esters is 1. The van der Waals surface area contributed by atoms with Crippen LogP contribution in [0.4, 0.5) is 0 Å². The van der Waals surface area contributed by atoms with Crippen molar-refractivity contribution in [3.8, 4) is 6.07 Å². The van der Waals surface area contributed by atoms with E-state index in [9.17, 15) is 4.79 Å². The third-order valence-corrected chi connectivity index (χ3v) is 2.36. The van der Waals surface area contributed by atoms with Gasteiger partial charge in [-0.05, 0) is 18.6 Å². The molecule has 0 radical (unpaired) electrons. The first-order valence-electron chi connectivity index (χ1n) is 5.49. The highest BCUT2D eigenvalue weighted by Crippen LogP contribution is 2.06. The second kappa shape index (κ2) is 7.24. The van der Waals surface area contributed by atoms with Gasteiger partial charge in [0.05, 0.1) is 6.61 Å². The maximum Gasteiger partial charge on any atom is 0.352 e. The first-order valence-corrected chi connectivity index (χ1v) is 5.87. The largest absolute Gasteiger partial charge is 0.462 e. The first-order chi connectivity index (χ1) is 9.08. The van der Waals surface area contributed by atoms with E-state index in [1.807, 2.05) is 0 Å². The van der Waals surface area contributed by atoms with Crippen molar-refractivity contribution in [3.63, 3.8) is 0 Å². The number of carbonyl (C=O) groups excluding carboxylic acids is 1. The molecule has 0 aromatic carbocycles. The molecule has 7 heteroatoms. The standard InChI is InChI=1S/C12H13ClN4O2/c1-2-19-12(18)9(5-14)11(15)17-7-8-3-4-10(13)16-6-8/h3-4,6,17H,2,7,15H2,1H3. The molecule has 1 rings (SSSR count). The fourth-order valence-electron chi connectivity index (χ4n) is 1.22. The van der Waals surface area contributed by atoms with E-state index in [0.717, 1.165) is 5.56 Å². The van der Waals surface area contributed by atoms with E-state index in [2.05, 4.69) is 10.3 Å². The van der Waals surface area contributed by atoms with E-state index in [4.69, 9.17) is 27.3 Å². The molecule has 0 bridgehead atoms. The summed E-state index contributed by atoms with van der Waals surface area (Å²) in [5, 5.41) is 12.0. The van der Waals surface area contributed by atoms with E-state index in [-0.39, 0.29) is 18.0 Å². The summed E-state index contributed by atoms with van der Waals surface area (Å²) >= 11 is 5.65. The van der Waals surface area contributed by atoms with Gasteiger partial charge >= 0.3 is 5.97 Å². The molecule has 0 spiro atoms. The van der Waals surface area contributed by atoms with Crippen LogP contribution in [0.1, 0.15) is 12.5 Å². The van der Waals surface area contributed by atoms with Gasteiger partial charge in [0.2, 0.25) is 0 Å². The molecule has 0 unspecified atom stereocenters. The second-order valence-corrected chi connectivity index (χ2v) is 3.85. The van der Waals surface area contributed by atoms with Gasteiger partial charge in [0.1, 0.15) is 17.0 Å². The van der Waals surface area contributed by atoms with Gasteiger partial charge in [-0.2, -0.15) is 5.26 Å². The number of nitrogens with one attached hydrogen (secondary N) is 1. The average Bonchev–Trinajstić information content (AvgIpc) is 2.39. The van der Waals surface area contributed by atoms with Crippen LogP contribution < -0.4 is 11.1 Å². The van der Waals surface area contributed by atoms with E-state index in [1.165, 1.54) is 0 Å². The number of rotatable bonds is 5. The predicted molar refractivity (Wildman–Crippen MR) is 69.5 cm³/mol.